The van der Waals surface area contributed by atoms with Crippen LogP contribution in [0, 0.1) is 0 Å². The van der Waals surface area contributed by atoms with E-state index in [0.717, 1.165) is 5.69 Å². The second kappa shape index (κ2) is 6.89. The van der Waals surface area contributed by atoms with Crippen molar-refractivity contribution in [1.82, 2.24) is 0 Å². The van der Waals surface area contributed by atoms with Gasteiger partial charge in [-0.2, -0.15) is 0 Å². The summed E-state index contributed by atoms with van der Waals surface area (Å²) in [5.41, 5.74) is 1.01. The molecule has 1 aromatic carbocycles. The minimum absolute atomic E-state index is 0.0461. The van der Waals surface area contributed by atoms with E-state index in [1.807, 2.05) is 35.8 Å². The molecule has 0 aliphatic rings. The van der Waals surface area contributed by atoms with Gasteiger partial charge in [-0.3, -0.25) is 0 Å². The Morgan fingerprint density at radius 3 is 2.06 bits per heavy atom. The van der Waals surface area contributed by atoms with Crippen LogP contribution >= 0.6 is 11.8 Å². The number of likely N-dealkylation sites (N-methyl/N-ethyl adjacent to an activating group) is 1. The van der Waals surface area contributed by atoms with E-state index in [1.54, 1.807) is 0 Å². The molecule has 0 saturated carbocycles. The maximum atomic E-state index is 9.13. The highest BCUT2D eigenvalue weighted by Gasteiger charge is 2.12. The molecule has 0 unspecified atom stereocenters. The second-order valence-corrected chi connectivity index (χ2v) is 5.94. The highest BCUT2D eigenvalue weighted by molar-refractivity contribution is 7.99. The van der Waals surface area contributed by atoms with Gasteiger partial charge in [0.15, 0.2) is 0 Å². The lowest BCUT2D eigenvalue weighted by Crippen LogP contribution is -2.37. The molecule has 0 aliphatic heterocycles. The normalized spacial score (nSPS) is 11.2. The molecule has 0 bridgehead atoms. The molecule has 0 radical (unpaired) electrons. The Balaban J connectivity index is 2.72. The molecular weight excluding hydrogens is 234 g/mol. The van der Waals surface area contributed by atoms with Crippen molar-refractivity contribution >= 4 is 17.4 Å². The quantitative estimate of drug-likeness (QED) is 0.763. The fraction of sp³-hybridized carbons (Fsp3) is 0.538. The lowest BCUT2D eigenvalue weighted by molar-refractivity contribution is 0.191. The lowest BCUT2D eigenvalue weighted by atomic mass is 10.2. The fourth-order valence-electron chi connectivity index (χ4n) is 1.55. The molecule has 0 heterocycles. The molecular formula is C13H21NO2S. The van der Waals surface area contributed by atoms with Crippen LogP contribution in [0.25, 0.3) is 0 Å². The van der Waals surface area contributed by atoms with Crippen LogP contribution < -0.4 is 4.90 Å². The van der Waals surface area contributed by atoms with Crippen molar-refractivity contribution in [1.29, 1.82) is 0 Å². The second-order valence-electron chi connectivity index (χ2n) is 4.29. The molecule has 17 heavy (non-hydrogen) atoms. The van der Waals surface area contributed by atoms with Crippen LogP contribution in [-0.2, 0) is 0 Å². The third kappa shape index (κ3) is 4.22. The van der Waals surface area contributed by atoms with Gasteiger partial charge in [-0.05, 0) is 24.3 Å². The summed E-state index contributed by atoms with van der Waals surface area (Å²) >= 11 is 1.82. The zero-order chi connectivity index (χ0) is 12.8. The van der Waals surface area contributed by atoms with Gasteiger partial charge in [-0.1, -0.05) is 13.8 Å². The van der Waals surface area contributed by atoms with Crippen LogP contribution in [0.2, 0.25) is 0 Å². The van der Waals surface area contributed by atoms with Crippen molar-refractivity contribution in [3.05, 3.63) is 24.3 Å². The molecule has 0 aliphatic carbocycles. The summed E-state index contributed by atoms with van der Waals surface area (Å²) in [6, 6.07) is 7.94. The summed E-state index contributed by atoms with van der Waals surface area (Å²) in [7, 11) is 1.88. The maximum Gasteiger partial charge on any atom is 0.0748 e. The number of aliphatic hydroxyl groups excluding tert-OH is 2. The van der Waals surface area contributed by atoms with Crippen LogP contribution in [0.4, 0.5) is 5.69 Å². The van der Waals surface area contributed by atoms with Crippen molar-refractivity contribution in [3.63, 3.8) is 0 Å². The molecule has 1 aromatic rings. The Kier molecular flexibility index (Phi) is 5.82. The van der Waals surface area contributed by atoms with E-state index in [-0.39, 0.29) is 19.3 Å². The van der Waals surface area contributed by atoms with Crippen LogP contribution in [0.15, 0.2) is 29.2 Å². The molecule has 0 saturated heterocycles. The van der Waals surface area contributed by atoms with Gasteiger partial charge in [0, 0.05) is 22.9 Å². The Morgan fingerprint density at radius 1 is 1.12 bits per heavy atom. The van der Waals surface area contributed by atoms with E-state index < -0.39 is 0 Å². The molecule has 96 valence electrons. The van der Waals surface area contributed by atoms with Crippen LogP contribution in [0.1, 0.15) is 13.8 Å². The van der Waals surface area contributed by atoms with Gasteiger partial charge in [-0.25, -0.2) is 0 Å². The third-order valence-electron chi connectivity index (χ3n) is 2.58. The first-order valence-electron chi connectivity index (χ1n) is 5.79. The molecule has 0 spiro atoms. The van der Waals surface area contributed by atoms with Gasteiger partial charge in [0.05, 0.1) is 19.3 Å². The zero-order valence-corrected chi connectivity index (χ0v) is 11.4. The molecule has 3 nitrogen and oxygen atoms in total. The Bertz CT molecular complexity index is 323. The third-order valence-corrected chi connectivity index (χ3v) is 3.60. The lowest BCUT2D eigenvalue weighted by Gasteiger charge is -2.27. The average Bonchev–Trinajstić information content (AvgIpc) is 2.30. The zero-order valence-electron chi connectivity index (χ0n) is 10.6. The van der Waals surface area contributed by atoms with E-state index in [2.05, 4.69) is 26.0 Å². The minimum atomic E-state index is -0.237. The van der Waals surface area contributed by atoms with Crippen LogP contribution in [0.3, 0.4) is 0 Å². The van der Waals surface area contributed by atoms with Gasteiger partial charge >= 0.3 is 0 Å². The topological polar surface area (TPSA) is 43.7 Å². The van der Waals surface area contributed by atoms with Crippen molar-refractivity contribution in [3.8, 4) is 0 Å². The van der Waals surface area contributed by atoms with Gasteiger partial charge in [0.25, 0.3) is 0 Å². The van der Waals surface area contributed by atoms with Crippen molar-refractivity contribution in [2.24, 2.45) is 0 Å². The van der Waals surface area contributed by atoms with E-state index >= 15 is 0 Å². The largest absolute Gasteiger partial charge is 0.394 e. The average molecular weight is 255 g/mol. The molecule has 0 amide bonds. The number of rotatable bonds is 6. The Labute approximate surface area is 107 Å². The predicted molar refractivity (Wildman–Crippen MR) is 73.8 cm³/mol. The standard InChI is InChI=1S/C13H21NO2S/c1-10(2)17-13-6-4-11(5-7-13)14(3)12(8-15)9-16/h4-7,10,12,15-16H,8-9H2,1-3H3. The highest BCUT2D eigenvalue weighted by Crippen LogP contribution is 2.25. The summed E-state index contributed by atoms with van der Waals surface area (Å²) in [6.45, 7) is 4.24. The molecule has 4 heteroatoms. The molecule has 0 aromatic heterocycles. The number of hydrogen-bond acceptors (Lipinski definition) is 4. The predicted octanol–water partition coefficient (Wildman–Crippen LogP) is 1.98. The van der Waals surface area contributed by atoms with E-state index in [1.165, 1.54) is 4.90 Å². The molecule has 0 atom stereocenters. The number of thioether (sulfide) groups is 1. The summed E-state index contributed by atoms with van der Waals surface area (Å²) in [5.74, 6) is 0. The van der Waals surface area contributed by atoms with Gasteiger partial charge in [0.1, 0.15) is 0 Å². The SMILES string of the molecule is CC(C)Sc1ccc(N(C)C(CO)CO)cc1. The van der Waals surface area contributed by atoms with Crippen molar-refractivity contribution in [2.45, 2.75) is 30.0 Å². The maximum absolute atomic E-state index is 9.13. The fourth-order valence-corrected chi connectivity index (χ4v) is 2.38. The number of aliphatic hydroxyl groups is 2. The molecule has 1 rings (SSSR count). The van der Waals surface area contributed by atoms with Gasteiger partial charge < -0.3 is 15.1 Å². The number of hydrogen-bond donors (Lipinski definition) is 2. The monoisotopic (exact) mass is 255 g/mol. The van der Waals surface area contributed by atoms with Crippen molar-refractivity contribution < 1.29 is 10.2 Å². The smallest absolute Gasteiger partial charge is 0.0748 e. The summed E-state index contributed by atoms with van der Waals surface area (Å²) in [4.78, 5) is 3.13. The van der Waals surface area contributed by atoms with Crippen LogP contribution in [0.5, 0.6) is 0 Å². The number of nitrogens with zero attached hydrogens (tertiary/aromatic N) is 1. The molecule has 0 fully saturated rings. The van der Waals surface area contributed by atoms with Gasteiger partial charge in [0.2, 0.25) is 0 Å². The van der Waals surface area contributed by atoms with E-state index in [0.29, 0.717) is 5.25 Å². The van der Waals surface area contributed by atoms with E-state index in [9.17, 15) is 0 Å². The highest BCUT2D eigenvalue weighted by atomic mass is 32.2. The first-order chi connectivity index (χ1) is 8.08. The summed E-state index contributed by atoms with van der Waals surface area (Å²) in [6.07, 6.45) is 0. The number of anilines is 1. The summed E-state index contributed by atoms with van der Waals surface area (Å²) < 4.78 is 0. The van der Waals surface area contributed by atoms with Crippen LogP contribution in [-0.4, -0.2) is 41.8 Å². The Hall–Kier alpha value is -0.710. The van der Waals surface area contributed by atoms with E-state index in [4.69, 9.17) is 10.2 Å². The number of benzene rings is 1. The van der Waals surface area contributed by atoms with Crippen molar-refractivity contribution in [2.75, 3.05) is 25.2 Å². The first-order valence-corrected chi connectivity index (χ1v) is 6.67. The van der Waals surface area contributed by atoms with Gasteiger partial charge in [-0.15, -0.1) is 11.8 Å². The first kappa shape index (κ1) is 14.4. The molecule has 2 N–H and O–H groups in total. The summed E-state index contributed by atoms with van der Waals surface area (Å²) in [5, 5.41) is 18.8. The minimum Gasteiger partial charge on any atom is -0.394 e. The Morgan fingerprint density at radius 2 is 1.65 bits per heavy atom.